The van der Waals surface area contributed by atoms with Crippen LogP contribution in [-0.2, 0) is 4.79 Å². The van der Waals surface area contributed by atoms with Gasteiger partial charge in [0.15, 0.2) is 5.96 Å². The Morgan fingerprint density at radius 2 is 2.36 bits per heavy atom. The van der Waals surface area contributed by atoms with Crippen LogP contribution in [0.3, 0.4) is 0 Å². The minimum absolute atomic E-state index is 0.0384. The molecule has 0 spiro atoms. The molecule has 0 aromatic carbocycles. The fourth-order valence-corrected chi connectivity index (χ4v) is 1.47. The monoisotopic (exact) mass is 196 g/mol. The van der Waals surface area contributed by atoms with Crippen LogP contribution >= 0.6 is 0 Å². The maximum atomic E-state index is 11.2. The van der Waals surface area contributed by atoms with Gasteiger partial charge in [-0.3, -0.25) is 4.79 Å². The van der Waals surface area contributed by atoms with E-state index in [9.17, 15) is 4.79 Å². The van der Waals surface area contributed by atoms with Crippen LogP contribution in [0.25, 0.3) is 0 Å². The zero-order chi connectivity index (χ0) is 9.97. The van der Waals surface area contributed by atoms with Crippen molar-refractivity contribution in [3.63, 3.8) is 0 Å². The standard InChI is InChI=1S/C9H16N4O/c10-9(12-7-2-3-7)13-5-1-4-11-8(14)6-13/h7H,1-6H2,(H2,10,12)(H,11,14). The van der Waals surface area contributed by atoms with Crippen molar-refractivity contribution in [2.75, 3.05) is 19.6 Å². The molecule has 1 aliphatic heterocycles. The molecular weight excluding hydrogens is 180 g/mol. The Hall–Kier alpha value is -1.26. The second kappa shape index (κ2) is 3.86. The number of guanidine groups is 1. The molecule has 1 amide bonds. The van der Waals surface area contributed by atoms with Crippen molar-refractivity contribution in [3.05, 3.63) is 0 Å². The summed E-state index contributed by atoms with van der Waals surface area (Å²) in [6.45, 7) is 1.91. The minimum Gasteiger partial charge on any atom is -0.370 e. The van der Waals surface area contributed by atoms with Crippen LogP contribution in [0.15, 0.2) is 4.99 Å². The van der Waals surface area contributed by atoms with E-state index in [1.54, 1.807) is 0 Å². The van der Waals surface area contributed by atoms with Gasteiger partial charge in [0.1, 0.15) is 0 Å². The second-order valence-corrected chi connectivity index (χ2v) is 3.84. The van der Waals surface area contributed by atoms with Gasteiger partial charge in [0, 0.05) is 13.1 Å². The third-order valence-electron chi connectivity index (χ3n) is 2.45. The molecule has 1 heterocycles. The molecule has 1 saturated carbocycles. The van der Waals surface area contributed by atoms with E-state index < -0.39 is 0 Å². The molecule has 1 saturated heterocycles. The Balaban J connectivity index is 1.96. The molecule has 0 aromatic heterocycles. The summed E-state index contributed by atoms with van der Waals surface area (Å²) in [6, 6.07) is 0.418. The largest absolute Gasteiger partial charge is 0.370 e. The number of carbonyl (C=O) groups excluding carboxylic acids is 1. The number of nitrogens with zero attached hydrogens (tertiary/aromatic N) is 2. The summed E-state index contributed by atoms with van der Waals surface area (Å²) in [5, 5.41) is 2.81. The molecule has 5 heteroatoms. The maximum absolute atomic E-state index is 11.2. The number of rotatable bonds is 1. The molecule has 78 valence electrons. The first-order valence-electron chi connectivity index (χ1n) is 5.10. The molecule has 2 rings (SSSR count). The van der Waals surface area contributed by atoms with Gasteiger partial charge in [0.2, 0.25) is 5.91 Å². The number of nitrogens with two attached hydrogens (primary N) is 1. The van der Waals surface area contributed by atoms with Gasteiger partial charge in [-0.05, 0) is 19.3 Å². The number of hydrogen-bond acceptors (Lipinski definition) is 2. The maximum Gasteiger partial charge on any atom is 0.239 e. The fraction of sp³-hybridized carbons (Fsp3) is 0.778. The Kier molecular flexibility index (Phi) is 2.56. The lowest BCUT2D eigenvalue weighted by Crippen LogP contribution is -2.41. The van der Waals surface area contributed by atoms with Crippen molar-refractivity contribution in [1.82, 2.24) is 10.2 Å². The molecule has 0 atom stereocenters. The summed E-state index contributed by atoms with van der Waals surface area (Å²) >= 11 is 0. The third kappa shape index (κ3) is 2.37. The Bertz CT molecular complexity index is 260. The van der Waals surface area contributed by atoms with Gasteiger partial charge < -0.3 is 16.0 Å². The van der Waals surface area contributed by atoms with Crippen molar-refractivity contribution < 1.29 is 4.79 Å². The van der Waals surface area contributed by atoms with E-state index in [4.69, 9.17) is 5.73 Å². The molecule has 0 bridgehead atoms. The average Bonchev–Trinajstić information content (AvgIpc) is 2.93. The zero-order valence-electron chi connectivity index (χ0n) is 8.20. The van der Waals surface area contributed by atoms with Crippen LogP contribution in [0.1, 0.15) is 19.3 Å². The van der Waals surface area contributed by atoms with Crippen LogP contribution in [0.5, 0.6) is 0 Å². The van der Waals surface area contributed by atoms with Gasteiger partial charge in [0.25, 0.3) is 0 Å². The summed E-state index contributed by atoms with van der Waals surface area (Å²) in [7, 11) is 0. The van der Waals surface area contributed by atoms with Crippen molar-refractivity contribution >= 4 is 11.9 Å². The van der Waals surface area contributed by atoms with Gasteiger partial charge >= 0.3 is 0 Å². The highest BCUT2D eigenvalue weighted by Gasteiger charge is 2.23. The molecule has 0 aromatic rings. The van der Waals surface area contributed by atoms with Crippen LogP contribution in [-0.4, -0.2) is 42.4 Å². The lowest BCUT2D eigenvalue weighted by molar-refractivity contribution is -0.120. The van der Waals surface area contributed by atoms with E-state index in [2.05, 4.69) is 10.3 Å². The van der Waals surface area contributed by atoms with Gasteiger partial charge in [0.05, 0.1) is 12.6 Å². The smallest absolute Gasteiger partial charge is 0.239 e. The fourth-order valence-electron chi connectivity index (χ4n) is 1.47. The summed E-state index contributed by atoms with van der Waals surface area (Å²) < 4.78 is 0. The van der Waals surface area contributed by atoms with Gasteiger partial charge in [-0.25, -0.2) is 4.99 Å². The van der Waals surface area contributed by atoms with E-state index >= 15 is 0 Å². The third-order valence-corrected chi connectivity index (χ3v) is 2.45. The molecular formula is C9H16N4O. The first kappa shape index (κ1) is 9.30. The molecule has 5 nitrogen and oxygen atoms in total. The van der Waals surface area contributed by atoms with Gasteiger partial charge in [-0.15, -0.1) is 0 Å². The Morgan fingerprint density at radius 3 is 3.07 bits per heavy atom. The number of hydrogen-bond donors (Lipinski definition) is 2. The first-order valence-corrected chi connectivity index (χ1v) is 5.10. The average molecular weight is 196 g/mol. The molecule has 2 fully saturated rings. The molecule has 14 heavy (non-hydrogen) atoms. The zero-order valence-corrected chi connectivity index (χ0v) is 8.20. The first-order chi connectivity index (χ1) is 6.75. The predicted molar refractivity (Wildman–Crippen MR) is 53.8 cm³/mol. The number of amides is 1. The quantitative estimate of drug-likeness (QED) is 0.430. The molecule has 3 N–H and O–H groups in total. The van der Waals surface area contributed by atoms with Crippen LogP contribution in [0.4, 0.5) is 0 Å². The topological polar surface area (TPSA) is 70.7 Å². The van der Waals surface area contributed by atoms with Crippen molar-refractivity contribution in [2.24, 2.45) is 10.7 Å². The highest BCUT2D eigenvalue weighted by molar-refractivity contribution is 5.86. The summed E-state index contributed by atoms with van der Waals surface area (Å²) in [4.78, 5) is 17.4. The van der Waals surface area contributed by atoms with E-state index in [0.717, 1.165) is 32.4 Å². The predicted octanol–water partition coefficient (Wildman–Crippen LogP) is -0.715. The lowest BCUT2D eigenvalue weighted by Gasteiger charge is -2.19. The Labute approximate surface area is 83.4 Å². The summed E-state index contributed by atoms with van der Waals surface area (Å²) in [5.41, 5.74) is 5.82. The van der Waals surface area contributed by atoms with Crippen LogP contribution in [0, 0.1) is 0 Å². The second-order valence-electron chi connectivity index (χ2n) is 3.84. The van der Waals surface area contributed by atoms with Crippen molar-refractivity contribution in [2.45, 2.75) is 25.3 Å². The van der Waals surface area contributed by atoms with E-state index in [1.807, 2.05) is 4.90 Å². The van der Waals surface area contributed by atoms with Gasteiger partial charge in [-0.1, -0.05) is 0 Å². The van der Waals surface area contributed by atoms with E-state index in [-0.39, 0.29) is 5.91 Å². The van der Waals surface area contributed by atoms with Crippen molar-refractivity contribution in [3.8, 4) is 0 Å². The SMILES string of the molecule is NC(=NC1CC1)N1CCCNC(=O)C1. The summed E-state index contributed by atoms with van der Waals surface area (Å²) in [5.74, 6) is 0.570. The van der Waals surface area contributed by atoms with E-state index in [0.29, 0.717) is 18.5 Å². The Morgan fingerprint density at radius 1 is 1.57 bits per heavy atom. The molecule has 2 aliphatic rings. The number of aliphatic imine (C=N–C) groups is 1. The van der Waals surface area contributed by atoms with E-state index in [1.165, 1.54) is 0 Å². The number of nitrogens with one attached hydrogen (secondary N) is 1. The number of carbonyl (C=O) groups is 1. The molecule has 0 unspecified atom stereocenters. The van der Waals surface area contributed by atoms with Crippen LogP contribution < -0.4 is 11.1 Å². The van der Waals surface area contributed by atoms with Crippen LogP contribution in [0.2, 0.25) is 0 Å². The highest BCUT2D eigenvalue weighted by atomic mass is 16.2. The normalized spacial score (nSPS) is 24.4. The van der Waals surface area contributed by atoms with Gasteiger partial charge in [-0.2, -0.15) is 0 Å². The molecule has 0 radical (unpaired) electrons. The molecule has 1 aliphatic carbocycles. The summed E-state index contributed by atoms with van der Waals surface area (Å²) in [6.07, 6.45) is 3.22. The lowest BCUT2D eigenvalue weighted by atomic mass is 10.4. The van der Waals surface area contributed by atoms with Crippen molar-refractivity contribution in [1.29, 1.82) is 0 Å². The minimum atomic E-state index is 0.0384. The highest BCUT2D eigenvalue weighted by Crippen LogP contribution is 2.23.